The summed E-state index contributed by atoms with van der Waals surface area (Å²) < 4.78 is 8.61. The smallest absolute Gasteiger partial charge is 0.133 e. The van der Waals surface area contributed by atoms with E-state index in [4.69, 9.17) is 14.7 Å². The fourth-order valence-electron chi connectivity index (χ4n) is 4.71. The van der Waals surface area contributed by atoms with Gasteiger partial charge in [-0.15, -0.1) is 11.3 Å². The fourth-order valence-corrected chi connectivity index (χ4v) is 5.60. The monoisotopic (exact) mass is 475 g/mol. The maximum absolute atomic E-state index is 5.48. The molecular formula is C25H29N7OS. The molecule has 4 aromatic rings. The van der Waals surface area contributed by atoms with Gasteiger partial charge in [-0.2, -0.15) is 5.10 Å². The number of aryl methyl sites for hydroxylation is 1. The van der Waals surface area contributed by atoms with Crippen LogP contribution < -0.4 is 5.32 Å². The van der Waals surface area contributed by atoms with E-state index in [1.807, 2.05) is 24.5 Å². The van der Waals surface area contributed by atoms with Crippen LogP contribution in [-0.4, -0.2) is 55.9 Å². The average Bonchev–Trinajstić information content (AvgIpc) is 3.62. The van der Waals surface area contributed by atoms with Crippen molar-refractivity contribution in [2.24, 2.45) is 0 Å². The lowest BCUT2D eigenvalue weighted by Gasteiger charge is -2.22. The maximum atomic E-state index is 5.48. The molecule has 4 aromatic heterocycles. The minimum atomic E-state index is 0.409. The summed E-state index contributed by atoms with van der Waals surface area (Å²) in [4.78, 5) is 16.9. The van der Waals surface area contributed by atoms with Gasteiger partial charge in [0, 0.05) is 43.8 Å². The molecule has 6 heterocycles. The second-order valence-electron chi connectivity index (χ2n) is 9.18. The molecule has 176 valence electrons. The molecule has 9 heteroatoms. The summed E-state index contributed by atoms with van der Waals surface area (Å²) in [7, 11) is 0. The molecule has 0 bridgehead atoms. The number of hydrogen-bond donors (Lipinski definition) is 1. The van der Waals surface area contributed by atoms with Crippen LogP contribution in [0.3, 0.4) is 0 Å². The van der Waals surface area contributed by atoms with E-state index < -0.39 is 0 Å². The summed E-state index contributed by atoms with van der Waals surface area (Å²) >= 11 is 1.65. The second kappa shape index (κ2) is 9.40. The Kier molecular flexibility index (Phi) is 5.98. The molecule has 0 radical (unpaired) electrons. The maximum Gasteiger partial charge on any atom is 0.133 e. The summed E-state index contributed by atoms with van der Waals surface area (Å²) in [6.07, 6.45) is 10.5. The van der Waals surface area contributed by atoms with Crippen LogP contribution in [0.1, 0.15) is 43.0 Å². The van der Waals surface area contributed by atoms with Crippen molar-refractivity contribution in [3.8, 4) is 10.6 Å². The van der Waals surface area contributed by atoms with E-state index in [1.165, 1.54) is 18.4 Å². The molecule has 6 rings (SSSR count). The molecule has 34 heavy (non-hydrogen) atoms. The van der Waals surface area contributed by atoms with Gasteiger partial charge in [-0.25, -0.2) is 15.0 Å². The van der Waals surface area contributed by atoms with Gasteiger partial charge in [-0.1, -0.05) is 6.07 Å². The molecule has 0 spiro atoms. The van der Waals surface area contributed by atoms with Crippen LogP contribution in [0.5, 0.6) is 0 Å². The molecule has 2 fully saturated rings. The van der Waals surface area contributed by atoms with E-state index in [1.54, 1.807) is 11.3 Å². The van der Waals surface area contributed by atoms with Gasteiger partial charge in [-0.3, -0.25) is 9.58 Å². The number of ether oxygens (including phenoxy) is 1. The molecule has 2 aliphatic heterocycles. The van der Waals surface area contributed by atoms with Gasteiger partial charge in [-0.05, 0) is 57.3 Å². The SMILES string of the molecule is Cc1ccc(Nc2cc3nc(-c4cnn(C5CCOCC5)c4)sc3cn2)nc1CN1CCCC1. The third kappa shape index (κ3) is 4.55. The van der Waals surface area contributed by atoms with E-state index >= 15 is 0 Å². The summed E-state index contributed by atoms with van der Waals surface area (Å²) in [5, 5.41) is 8.95. The summed E-state index contributed by atoms with van der Waals surface area (Å²) in [6.45, 7) is 6.97. The van der Waals surface area contributed by atoms with Gasteiger partial charge in [0.25, 0.3) is 0 Å². The fraction of sp³-hybridized carbons (Fsp3) is 0.440. The molecule has 0 atom stereocenters. The van der Waals surface area contributed by atoms with Crippen molar-refractivity contribution < 1.29 is 4.74 Å². The number of fused-ring (bicyclic) bond motifs is 1. The molecule has 0 saturated carbocycles. The number of likely N-dealkylation sites (tertiary alicyclic amines) is 1. The van der Waals surface area contributed by atoms with E-state index in [9.17, 15) is 0 Å². The lowest BCUT2D eigenvalue weighted by Crippen LogP contribution is -2.20. The van der Waals surface area contributed by atoms with E-state index in [0.717, 1.165) is 83.8 Å². The van der Waals surface area contributed by atoms with Crippen LogP contribution >= 0.6 is 11.3 Å². The lowest BCUT2D eigenvalue weighted by atomic mass is 10.1. The topological polar surface area (TPSA) is 81.0 Å². The predicted molar refractivity (Wildman–Crippen MR) is 134 cm³/mol. The number of aromatic nitrogens is 5. The zero-order chi connectivity index (χ0) is 22.9. The quantitative estimate of drug-likeness (QED) is 0.423. The Morgan fingerprint density at radius 1 is 1.09 bits per heavy atom. The van der Waals surface area contributed by atoms with Gasteiger partial charge in [0.1, 0.15) is 16.6 Å². The minimum Gasteiger partial charge on any atom is -0.381 e. The van der Waals surface area contributed by atoms with Crippen LogP contribution in [0.4, 0.5) is 11.6 Å². The number of pyridine rings is 2. The van der Waals surface area contributed by atoms with Gasteiger partial charge >= 0.3 is 0 Å². The Bertz CT molecular complexity index is 1290. The highest BCUT2D eigenvalue weighted by atomic mass is 32.1. The van der Waals surface area contributed by atoms with E-state index in [0.29, 0.717) is 6.04 Å². The van der Waals surface area contributed by atoms with Crippen molar-refractivity contribution >= 4 is 33.2 Å². The van der Waals surface area contributed by atoms with Crippen molar-refractivity contribution in [3.05, 3.63) is 48.0 Å². The summed E-state index contributed by atoms with van der Waals surface area (Å²) in [5.41, 5.74) is 4.34. The second-order valence-corrected chi connectivity index (χ2v) is 10.2. The van der Waals surface area contributed by atoms with Crippen LogP contribution in [-0.2, 0) is 11.3 Å². The molecule has 0 aliphatic carbocycles. The Hall–Kier alpha value is -2.88. The van der Waals surface area contributed by atoms with Gasteiger partial charge in [0.15, 0.2) is 0 Å². The highest BCUT2D eigenvalue weighted by Gasteiger charge is 2.18. The van der Waals surface area contributed by atoms with E-state index in [-0.39, 0.29) is 0 Å². The molecule has 0 amide bonds. The molecular weight excluding hydrogens is 446 g/mol. The molecule has 2 saturated heterocycles. The highest BCUT2D eigenvalue weighted by Crippen LogP contribution is 2.32. The van der Waals surface area contributed by atoms with E-state index in [2.05, 4.69) is 44.2 Å². The van der Waals surface area contributed by atoms with Crippen molar-refractivity contribution in [1.82, 2.24) is 29.6 Å². The number of nitrogens with zero attached hydrogens (tertiary/aromatic N) is 6. The van der Waals surface area contributed by atoms with Gasteiger partial charge in [0.05, 0.1) is 28.1 Å². The minimum absolute atomic E-state index is 0.409. The van der Waals surface area contributed by atoms with Gasteiger partial charge in [0.2, 0.25) is 0 Å². The van der Waals surface area contributed by atoms with Crippen LogP contribution in [0.25, 0.3) is 20.8 Å². The lowest BCUT2D eigenvalue weighted by molar-refractivity contribution is 0.0662. The number of rotatable bonds is 6. The first-order valence-corrected chi connectivity index (χ1v) is 12.9. The largest absolute Gasteiger partial charge is 0.381 e. The third-order valence-electron chi connectivity index (χ3n) is 6.72. The summed E-state index contributed by atoms with van der Waals surface area (Å²) in [6, 6.07) is 6.56. The third-order valence-corrected chi connectivity index (χ3v) is 7.77. The van der Waals surface area contributed by atoms with Crippen LogP contribution in [0.2, 0.25) is 0 Å². The van der Waals surface area contributed by atoms with Gasteiger partial charge < -0.3 is 10.1 Å². The Labute approximate surface area is 203 Å². The molecule has 0 unspecified atom stereocenters. The molecule has 2 aliphatic rings. The number of nitrogens with one attached hydrogen (secondary N) is 1. The van der Waals surface area contributed by atoms with Crippen molar-refractivity contribution in [3.63, 3.8) is 0 Å². The highest BCUT2D eigenvalue weighted by molar-refractivity contribution is 7.21. The Morgan fingerprint density at radius 2 is 1.94 bits per heavy atom. The zero-order valence-corrected chi connectivity index (χ0v) is 20.2. The molecule has 0 aromatic carbocycles. The molecule has 1 N–H and O–H groups in total. The van der Waals surface area contributed by atoms with Crippen LogP contribution in [0.15, 0.2) is 36.8 Å². The number of anilines is 2. The van der Waals surface area contributed by atoms with Crippen molar-refractivity contribution in [2.75, 3.05) is 31.6 Å². The van der Waals surface area contributed by atoms with Crippen molar-refractivity contribution in [1.29, 1.82) is 0 Å². The first-order valence-electron chi connectivity index (χ1n) is 12.1. The van der Waals surface area contributed by atoms with Crippen LogP contribution in [0, 0.1) is 6.92 Å². The predicted octanol–water partition coefficient (Wildman–Crippen LogP) is 4.95. The molecule has 8 nitrogen and oxygen atoms in total. The first-order chi connectivity index (χ1) is 16.7. The number of thiazole rings is 1. The first kappa shape index (κ1) is 21.6. The Morgan fingerprint density at radius 3 is 2.79 bits per heavy atom. The standard InChI is InChI=1S/C25H29N7OS/c1-17-4-5-23(28-21(17)16-31-8-2-3-9-31)30-24-12-20-22(14-26-24)34-25(29-20)18-13-27-32(15-18)19-6-10-33-11-7-19/h4-5,12-15,19H,2-3,6-11,16H2,1H3,(H,26,28,30). The number of hydrogen-bond acceptors (Lipinski definition) is 8. The summed E-state index contributed by atoms with van der Waals surface area (Å²) in [5.74, 6) is 1.57. The normalized spacial score (nSPS) is 17.6. The Balaban J connectivity index is 1.20. The zero-order valence-electron chi connectivity index (χ0n) is 19.4. The average molecular weight is 476 g/mol. The van der Waals surface area contributed by atoms with Crippen molar-refractivity contribution in [2.45, 2.75) is 45.2 Å².